The van der Waals surface area contributed by atoms with Crippen LogP contribution in [0.1, 0.15) is 58.1 Å². The summed E-state index contributed by atoms with van der Waals surface area (Å²) in [5.41, 5.74) is 0.985. The summed E-state index contributed by atoms with van der Waals surface area (Å²) in [7, 11) is 0. The number of ether oxygens (including phenoxy) is 2. The Morgan fingerprint density at radius 3 is 2.90 bits per heavy atom. The van der Waals surface area contributed by atoms with Gasteiger partial charge in [-0.05, 0) is 57.7 Å². The van der Waals surface area contributed by atoms with E-state index in [9.17, 15) is 0 Å². The average molecular weight is 292 g/mol. The Bertz CT molecular complexity index is 431. The molecule has 21 heavy (non-hydrogen) atoms. The van der Waals surface area contributed by atoms with Crippen LogP contribution in [-0.4, -0.2) is 30.3 Å². The summed E-state index contributed by atoms with van der Waals surface area (Å²) < 4.78 is 11.7. The molecule has 2 atom stereocenters. The quantitative estimate of drug-likeness (QED) is 0.835. The first-order chi connectivity index (χ1) is 10.2. The molecule has 0 spiro atoms. The maximum Gasteiger partial charge on any atom is 0.137 e. The molecule has 1 saturated heterocycles. The van der Waals surface area contributed by atoms with Gasteiger partial charge in [0.1, 0.15) is 5.75 Å². The molecule has 1 aliphatic heterocycles. The topological polar surface area (TPSA) is 43.4 Å². The predicted octanol–water partition coefficient (Wildman–Crippen LogP) is 3.48. The lowest BCUT2D eigenvalue weighted by molar-refractivity contribution is -0.0898. The lowest BCUT2D eigenvalue weighted by Gasteiger charge is -2.41. The van der Waals surface area contributed by atoms with Crippen molar-refractivity contribution < 1.29 is 9.47 Å². The van der Waals surface area contributed by atoms with E-state index in [0.717, 1.165) is 43.7 Å². The summed E-state index contributed by atoms with van der Waals surface area (Å²) in [6.45, 7) is 8.87. The zero-order valence-corrected chi connectivity index (χ0v) is 13.5. The van der Waals surface area contributed by atoms with Crippen LogP contribution in [0.2, 0.25) is 0 Å². The van der Waals surface area contributed by atoms with Gasteiger partial charge in [0.15, 0.2) is 0 Å². The highest BCUT2D eigenvalue weighted by molar-refractivity contribution is 5.28. The largest absolute Gasteiger partial charge is 0.492 e. The molecule has 2 heterocycles. The molecule has 4 heteroatoms. The van der Waals surface area contributed by atoms with Crippen molar-refractivity contribution in [2.75, 3.05) is 19.8 Å². The summed E-state index contributed by atoms with van der Waals surface area (Å²) in [6.07, 6.45) is 8.26. The Kier molecular flexibility index (Phi) is 6.00. The molecule has 1 aliphatic rings. The van der Waals surface area contributed by atoms with E-state index in [2.05, 4.69) is 30.2 Å². The van der Waals surface area contributed by atoms with E-state index in [1.54, 1.807) is 6.20 Å². The van der Waals surface area contributed by atoms with Crippen LogP contribution >= 0.6 is 0 Å². The van der Waals surface area contributed by atoms with Gasteiger partial charge in [0.2, 0.25) is 0 Å². The van der Waals surface area contributed by atoms with Crippen LogP contribution in [0.5, 0.6) is 5.75 Å². The second-order valence-corrected chi connectivity index (χ2v) is 5.89. The first-order valence-electron chi connectivity index (χ1n) is 8.14. The van der Waals surface area contributed by atoms with Crippen LogP contribution in [0, 0.1) is 0 Å². The number of aromatic nitrogens is 1. The van der Waals surface area contributed by atoms with E-state index >= 15 is 0 Å². The van der Waals surface area contributed by atoms with E-state index in [0.29, 0.717) is 6.61 Å². The Labute approximate surface area is 128 Å². The van der Waals surface area contributed by atoms with Crippen molar-refractivity contribution in [2.24, 2.45) is 0 Å². The maximum absolute atomic E-state index is 6.15. The van der Waals surface area contributed by atoms with Gasteiger partial charge in [0.05, 0.1) is 24.4 Å². The van der Waals surface area contributed by atoms with Gasteiger partial charge in [-0.25, -0.2) is 0 Å². The summed E-state index contributed by atoms with van der Waals surface area (Å²) in [6, 6.07) is 2.25. The molecule has 4 nitrogen and oxygen atoms in total. The van der Waals surface area contributed by atoms with Crippen molar-refractivity contribution in [1.82, 2.24) is 10.3 Å². The van der Waals surface area contributed by atoms with E-state index in [4.69, 9.17) is 9.47 Å². The van der Waals surface area contributed by atoms with Gasteiger partial charge in [0, 0.05) is 12.8 Å². The van der Waals surface area contributed by atoms with Crippen molar-refractivity contribution in [3.8, 4) is 5.75 Å². The molecule has 118 valence electrons. The zero-order valence-electron chi connectivity index (χ0n) is 13.5. The third kappa shape index (κ3) is 4.17. The van der Waals surface area contributed by atoms with E-state index < -0.39 is 0 Å². The fraction of sp³-hybridized carbons (Fsp3) is 0.706. The third-order valence-electron chi connectivity index (χ3n) is 4.09. The van der Waals surface area contributed by atoms with Crippen LogP contribution < -0.4 is 10.1 Å². The molecule has 1 N–H and O–H groups in total. The standard InChI is InChI=1S/C17H28N2O2/c1-4-9-19-16(17(3)8-6-7-10-21-17)14-11-15(20-5-2)13-18-12-14/h11-13,16,19H,4-10H2,1-3H3. The average Bonchev–Trinajstić information content (AvgIpc) is 2.49. The normalized spacial score (nSPS) is 23.8. The van der Waals surface area contributed by atoms with Crippen LogP contribution in [0.25, 0.3) is 0 Å². The number of rotatable bonds is 7. The van der Waals surface area contributed by atoms with Crippen molar-refractivity contribution in [3.63, 3.8) is 0 Å². The molecule has 0 aliphatic carbocycles. The van der Waals surface area contributed by atoms with Crippen LogP contribution in [0.15, 0.2) is 18.5 Å². The third-order valence-corrected chi connectivity index (χ3v) is 4.09. The van der Waals surface area contributed by atoms with E-state index in [1.807, 2.05) is 13.1 Å². The van der Waals surface area contributed by atoms with Crippen molar-refractivity contribution in [3.05, 3.63) is 24.0 Å². The first-order valence-corrected chi connectivity index (χ1v) is 8.14. The minimum atomic E-state index is -0.167. The van der Waals surface area contributed by atoms with Gasteiger partial charge >= 0.3 is 0 Å². The summed E-state index contributed by atoms with van der Waals surface area (Å²) in [4.78, 5) is 4.34. The van der Waals surface area contributed by atoms with Crippen molar-refractivity contribution in [1.29, 1.82) is 0 Å². The van der Waals surface area contributed by atoms with Gasteiger partial charge in [-0.15, -0.1) is 0 Å². The minimum Gasteiger partial charge on any atom is -0.492 e. The Morgan fingerprint density at radius 2 is 2.24 bits per heavy atom. The van der Waals surface area contributed by atoms with Crippen LogP contribution in [0.3, 0.4) is 0 Å². The van der Waals surface area contributed by atoms with Gasteiger partial charge in [-0.1, -0.05) is 6.92 Å². The van der Waals surface area contributed by atoms with E-state index in [1.165, 1.54) is 6.42 Å². The second kappa shape index (κ2) is 7.76. The molecule has 1 aromatic rings. The maximum atomic E-state index is 6.15. The molecular formula is C17H28N2O2. The van der Waals surface area contributed by atoms with Crippen molar-refractivity contribution >= 4 is 0 Å². The zero-order chi connectivity index (χ0) is 15.1. The monoisotopic (exact) mass is 292 g/mol. The Morgan fingerprint density at radius 1 is 1.38 bits per heavy atom. The first kappa shape index (κ1) is 16.2. The summed E-state index contributed by atoms with van der Waals surface area (Å²) >= 11 is 0. The predicted molar refractivity (Wildman–Crippen MR) is 84.6 cm³/mol. The molecule has 0 aromatic carbocycles. The number of hydrogen-bond donors (Lipinski definition) is 1. The summed E-state index contributed by atoms with van der Waals surface area (Å²) in [5.74, 6) is 0.831. The lowest BCUT2D eigenvalue weighted by atomic mass is 9.84. The molecule has 0 radical (unpaired) electrons. The van der Waals surface area contributed by atoms with Crippen molar-refractivity contribution in [2.45, 2.75) is 58.1 Å². The molecule has 0 saturated carbocycles. The van der Waals surface area contributed by atoms with Gasteiger partial charge in [0.25, 0.3) is 0 Å². The fourth-order valence-electron chi connectivity index (χ4n) is 3.00. The molecule has 1 aromatic heterocycles. The highest BCUT2D eigenvalue weighted by atomic mass is 16.5. The number of nitrogens with zero attached hydrogens (tertiary/aromatic N) is 1. The van der Waals surface area contributed by atoms with Gasteiger partial charge in [-0.3, -0.25) is 4.98 Å². The Hall–Kier alpha value is -1.13. The highest BCUT2D eigenvalue weighted by Crippen LogP contribution is 2.37. The van der Waals surface area contributed by atoms with E-state index in [-0.39, 0.29) is 11.6 Å². The number of nitrogens with one attached hydrogen (secondary N) is 1. The SMILES string of the molecule is CCCNC(c1cncc(OCC)c1)C1(C)CCCCO1. The lowest BCUT2D eigenvalue weighted by Crippen LogP contribution is -2.46. The Balaban J connectivity index is 2.23. The smallest absolute Gasteiger partial charge is 0.137 e. The van der Waals surface area contributed by atoms with Crippen LogP contribution in [-0.2, 0) is 4.74 Å². The van der Waals surface area contributed by atoms with Crippen LogP contribution in [0.4, 0.5) is 0 Å². The van der Waals surface area contributed by atoms with Gasteiger partial charge < -0.3 is 14.8 Å². The minimum absolute atomic E-state index is 0.158. The molecular weight excluding hydrogens is 264 g/mol. The highest BCUT2D eigenvalue weighted by Gasteiger charge is 2.37. The molecule has 1 fully saturated rings. The molecule has 0 bridgehead atoms. The second-order valence-electron chi connectivity index (χ2n) is 5.89. The summed E-state index contributed by atoms with van der Waals surface area (Å²) in [5, 5.41) is 3.64. The van der Waals surface area contributed by atoms with Gasteiger partial charge in [-0.2, -0.15) is 0 Å². The number of hydrogen-bond acceptors (Lipinski definition) is 4. The fourth-order valence-corrected chi connectivity index (χ4v) is 3.00. The molecule has 2 unspecified atom stereocenters. The molecule has 0 amide bonds. The number of pyridine rings is 1. The molecule has 2 rings (SSSR count).